The number of nitrogens with two attached hydrogens (primary N) is 1. The van der Waals surface area contributed by atoms with Crippen LogP contribution in [0.1, 0.15) is 11.5 Å². The molecule has 8 heteroatoms. The minimum Gasteiger partial charge on any atom is -0.480 e. The summed E-state index contributed by atoms with van der Waals surface area (Å²) in [5, 5.41) is 9.08. The predicted octanol–water partition coefficient (Wildman–Crippen LogP) is 2.72. The van der Waals surface area contributed by atoms with E-state index >= 15 is 0 Å². The summed E-state index contributed by atoms with van der Waals surface area (Å²) in [6.45, 7) is 0. The van der Waals surface area contributed by atoms with Crippen LogP contribution in [0.2, 0.25) is 10.0 Å². The Bertz CT molecular complexity index is 897. The van der Waals surface area contributed by atoms with Crippen LogP contribution in [-0.2, 0) is 14.6 Å². The second-order valence-electron chi connectivity index (χ2n) is 5.69. The van der Waals surface area contributed by atoms with E-state index in [4.69, 9.17) is 28.9 Å². The summed E-state index contributed by atoms with van der Waals surface area (Å²) in [5.41, 5.74) is 4.60. The number of halogens is 2. The van der Waals surface area contributed by atoms with Gasteiger partial charge in [0.2, 0.25) is 0 Å². The van der Waals surface area contributed by atoms with Crippen LogP contribution in [0.5, 0.6) is 0 Å². The lowest BCUT2D eigenvalue weighted by atomic mass is 10.1. The van der Waals surface area contributed by atoms with Crippen LogP contribution < -0.4 is 5.73 Å². The van der Waals surface area contributed by atoms with Crippen molar-refractivity contribution in [3.8, 4) is 0 Å². The standard InChI is InChI=1S/C16H13Cl2NO4S/c17-10-3-1-9(2-4-10)13-14(16(13,19)15(20)21)24(22,23)12-7-5-11(18)6-8-12/h1-8,13-14H,19H2,(H,20,21). The van der Waals surface area contributed by atoms with Gasteiger partial charge in [0.1, 0.15) is 10.8 Å². The Morgan fingerprint density at radius 1 is 1.00 bits per heavy atom. The average molecular weight is 386 g/mol. The molecule has 0 saturated heterocycles. The minimum absolute atomic E-state index is 0.00978. The van der Waals surface area contributed by atoms with Crippen LogP contribution in [0.3, 0.4) is 0 Å². The SMILES string of the molecule is NC1(C(=O)O)C(c2ccc(Cl)cc2)C1S(=O)(=O)c1ccc(Cl)cc1. The Balaban J connectivity index is 2.06. The molecule has 1 saturated carbocycles. The van der Waals surface area contributed by atoms with Gasteiger partial charge in [-0.15, -0.1) is 0 Å². The third-order valence-electron chi connectivity index (χ3n) is 4.26. The molecule has 0 heterocycles. The number of hydrogen-bond donors (Lipinski definition) is 2. The molecule has 1 fully saturated rings. The van der Waals surface area contributed by atoms with Crippen molar-refractivity contribution in [2.75, 3.05) is 0 Å². The first kappa shape index (κ1) is 17.2. The molecule has 3 atom stereocenters. The maximum absolute atomic E-state index is 12.9. The van der Waals surface area contributed by atoms with Crippen molar-refractivity contribution >= 4 is 39.0 Å². The molecular weight excluding hydrogens is 373 g/mol. The van der Waals surface area contributed by atoms with Gasteiger partial charge < -0.3 is 10.8 Å². The van der Waals surface area contributed by atoms with E-state index in [-0.39, 0.29) is 4.90 Å². The molecule has 1 aliphatic carbocycles. The Morgan fingerprint density at radius 2 is 1.46 bits per heavy atom. The fourth-order valence-corrected chi connectivity index (χ4v) is 5.44. The van der Waals surface area contributed by atoms with Gasteiger partial charge in [-0.25, -0.2) is 8.42 Å². The summed E-state index contributed by atoms with van der Waals surface area (Å²) in [4.78, 5) is 11.6. The molecule has 126 valence electrons. The summed E-state index contributed by atoms with van der Waals surface area (Å²) in [6.07, 6.45) is 0. The van der Waals surface area contributed by atoms with Gasteiger partial charge in [-0.3, -0.25) is 4.79 Å². The third kappa shape index (κ3) is 2.59. The van der Waals surface area contributed by atoms with Gasteiger partial charge in [-0.2, -0.15) is 0 Å². The molecule has 1 aliphatic rings. The largest absolute Gasteiger partial charge is 0.480 e. The zero-order chi connectivity index (χ0) is 17.7. The summed E-state index contributed by atoms with van der Waals surface area (Å²) in [5.74, 6) is -2.21. The monoisotopic (exact) mass is 385 g/mol. The molecule has 5 nitrogen and oxygen atoms in total. The van der Waals surface area contributed by atoms with Crippen LogP contribution >= 0.6 is 23.2 Å². The number of hydrogen-bond acceptors (Lipinski definition) is 4. The summed E-state index contributed by atoms with van der Waals surface area (Å²) in [6, 6.07) is 11.9. The van der Waals surface area contributed by atoms with Crippen LogP contribution in [-0.4, -0.2) is 30.3 Å². The highest BCUT2D eigenvalue weighted by atomic mass is 35.5. The first-order chi connectivity index (χ1) is 11.2. The molecule has 2 aromatic rings. The molecule has 0 aromatic heterocycles. The van der Waals surface area contributed by atoms with E-state index in [1.54, 1.807) is 24.3 Å². The zero-order valence-corrected chi connectivity index (χ0v) is 14.5. The Labute approximate surface area is 148 Å². The highest BCUT2D eigenvalue weighted by Gasteiger charge is 2.74. The predicted molar refractivity (Wildman–Crippen MR) is 91.2 cm³/mol. The van der Waals surface area contributed by atoms with Crippen molar-refractivity contribution < 1.29 is 18.3 Å². The van der Waals surface area contributed by atoms with Gasteiger partial charge in [-0.1, -0.05) is 35.3 Å². The van der Waals surface area contributed by atoms with Crippen LogP contribution in [0.25, 0.3) is 0 Å². The minimum atomic E-state index is -3.94. The maximum atomic E-state index is 12.9. The maximum Gasteiger partial charge on any atom is 0.325 e. The van der Waals surface area contributed by atoms with E-state index in [9.17, 15) is 18.3 Å². The smallest absolute Gasteiger partial charge is 0.325 e. The second kappa shape index (κ2) is 5.74. The van der Waals surface area contributed by atoms with Gasteiger partial charge in [0, 0.05) is 16.0 Å². The molecule has 0 radical (unpaired) electrons. The Morgan fingerprint density at radius 3 is 1.92 bits per heavy atom. The molecule has 0 bridgehead atoms. The zero-order valence-electron chi connectivity index (χ0n) is 12.2. The number of carboxylic acids is 1. The lowest BCUT2D eigenvalue weighted by Crippen LogP contribution is -2.39. The Kier molecular flexibility index (Phi) is 4.12. The second-order valence-corrected chi connectivity index (χ2v) is 8.63. The van der Waals surface area contributed by atoms with E-state index in [0.717, 1.165) is 0 Å². The number of sulfone groups is 1. The van der Waals surface area contributed by atoms with Crippen LogP contribution in [0.15, 0.2) is 53.4 Å². The van der Waals surface area contributed by atoms with Gasteiger partial charge in [0.15, 0.2) is 9.84 Å². The third-order valence-corrected chi connectivity index (χ3v) is 7.02. The van der Waals surface area contributed by atoms with Crippen LogP contribution in [0.4, 0.5) is 0 Å². The summed E-state index contributed by atoms with van der Waals surface area (Å²) >= 11 is 11.6. The highest BCUT2D eigenvalue weighted by molar-refractivity contribution is 7.92. The summed E-state index contributed by atoms with van der Waals surface area (Å²) < 4.78 is 25.7. The molecule has 2 aromatic carbocycles. The molecule has 0 amide bonds. The first-order valence-electron chi connectivity index (χ1n) is 6.96. The van der Waals surface area contributed by atoms with E-state index in [0.29, 0.717) is 15.6 Å². The van der Waals surface area contributed by atoms with Crippen molar-refractivity contribution in [2.45, 2.75) is 21.6 Å². The van der Waals surface area contributed by atoms with Gasteiger partial charge in [0.25, 0.3) is 0 Å². The average Bonchev–Trinajstić information content (AvgIpc) is 3.17. The fraction of sp³-hybridized carbons (Fsp3) is 0.188. The topological polar surface area (TPSA) is 97.5 Å². The van der Waals surface area contributed by atoms with E-state index in [1.807, 2.05) is 0 Å². The number of aliphatic carboxylic acids is 1. The van der Waals surface area contributed by atoms with Gasteiger partial charge in [-0.05, 0) is 42.0 Å². The normalized spacial score (nSPS) is 26.1. The number of benzene rings is 2. The Hall–Kier alpha value is -1.60. The molecule has 0 spiro atoms. The lowest BCUT2D eigenvalue weighted by Gasteiger charge is -2.06. The number of carbonyl (C=O) groups is 1. The van der Waals surface area contributed by atoms with E-state index in [1.165, 1.54) is 24.3 Å². The van der Waals surface area contributed by atoms with Crippen molar-refractivity contribution in [3.05, 3.63) is 64.1 Å². The lowest BCUT2D eigenvalue weighted by molar-refractivity contribution is -0.139. The number of carboxylic acid groups (broad SMARTS) is 1. The summed E-state index contributed by atoms with van der Waals surface area (Å²) in [7, 11) is -3.94. The molecular formula is C16H13Cl2NO4S. The van der Waals surface area contributed by atoms with Crippen molar-refractivity contribution in [1.82, 2.24) is 0 Å². The van der Waals surface area contributed by atoms with Crippen LogP contribution in [0, 0.1) is 0 Å². The molecule has 24 heavy (non-hydrogen) atoms. The first-order valence-corrected chi connectivity index (χ1v) is 9.26. The molecule has 3 N–H and O–H groups in total. The van der Waals surface area contributed by atoms with Crippen molar-refractivity contribution in [1.29, 1.82) is 0 Å². The van der Waals surface area contributed by atoms with Gasteiger partial charge >= 0.3 is 5.97 Å². The molecule has 3 rings (SSSR count). The van der Waals surface area contributed by atoms with E-state index < -0.39 is 32.5 Å². The van der Waals surface area contributed by atoms with Crippen molar-refractivity contribution in [3.63, 3.8) is 0 Å². The molecule has 0 aliphatic heterocycles. The van der Waals surface area contributed by atoms with E-state index in [2.05, 4.69) is 0 Å². The number of rotatable bonds is 4. The highest BCUT2D eigenvalue weighted by Crippen LogP contribution is 2.55. The molecule has 3 unspecified atom stereocenters. The quantitative estimate of drug-likeness (QED) is 0.842. The van der Waals surface area contributed by atoms with Gasteiger partial charge in [0.05, 0.1) is 4.90 Å². The van der Waals surface area contributed by atoms with Crippen molar-refractivity contribution in [2.24, 2.45) is 5.73 Å². The fourth-order valence-electron chi connectivity index (χ4n) is 2.96.